The average Bonchev–Trinajstić information content (AvgIpc) is 2.37. The van der Waals surface area contributed by atoms with Crippen molar-refractivity contribution >= 4 is 23.4 Å². The molecule has 0 saturated carbocycles. The van der Waals surface area contributed by atoms with Crippen molar-refractivity contribution in [2.45, 2.75) is 19.4 Å². The number of nitrogens with zero attached hydrogens (tertiary/aromatic N) is 1. The molecule has 5 nitrogen and oxygen atoms in total. The second-order valence-corrected chi connectivity index (χ2v) is 5.60. The van der Waals surface area contributed by atoms with Gasteiger partial charge in [-0.15, -0.1) is 0 Å². The summed E-state index contributed by atoms with van der Waals surface area (Å²) in [5.41, 5.74) is 0.661. The van der Waals surface area contributed by atoms with Crippen LogP contribution in [0.25, 0.3) is 0 Å². The molecule has 0 spiro atoms. The molecule has 114 valence electrons. The second-order valence-electron chi connectivity index (χ2n) is 5.16. The topological polar surface area (TPSA) is 69.6 Å². The Hall–Kier alpha value is -1.59. The van der Waals surface area contributed by atoms with Gasteiger partial charge in [0.25, 0.3) is 0 Å². The Morgan fingerprint density at radius 3 is 2.57 bits per heavy atom. The Kier molecular flexibility index (Phi) is 5.20. The van der Waals surface area contributed by atoms with E-state index in [1.165, 1.54) is 0 Å². The molecule has 0 radical (unpaired) electrons. The Morgan fingerprint density at radius 2 is 2.00 bits per heavy atom. The van der Waals surface area contributed by atoms with Crippen molar-refractivity contribution in [2.24, 2.45) is 5.92 Å². The van der Waals surface area contributed by atoms with E-state index in [0.717, 1.165) is 0 Å². The molecule has 1 unspecified atom stereocenters. The molecule has 1 aromatic rings. The fourth-order valence-electron chi connectivity index (χ4n) is 2.26. The number of benzene rings is 1. The van der Waals surface area contributed by atoms with Crippen LogP contribution in [0.4, 0.5) is 0 Å². The molecule has 1 heterocycles. The molecule has 2 N–H and O–H groups in total. The van der Waals surface area contributed by atoms with Crippen LogP contribution in [0, 0.1) is 5.92 Å². The lowest BCUT2D eigenvalue weighted by atomic mass is 9.97. The van der Waals surface area contributed by atoms with E-state index < -0.39 is 6.10 Å². The molecule has 6 heteroatoms. The highest BCUT2D eigenvalue weighted by molar-refractivity contribution is 6.30. The lowest BCUT2D eigenvalue weighted by Gasteiger charge is -2.38. The van der Waals surface area contributed by atoms with Gasteiger partial charge in [-0.2, -0.15) is 0 Å². The van der Waals surface area contributed by atoms with Gasteiger partial charge in [0.05, 0.1) is 18.4 Å². The number of likely N-dealkylation sites (tertiary alicyclic amines) is 1. The summed E-state index contributed by atoms with van der Waals surface area (Å²) >= 11 is 5.78. The first-order valence-corrected chi connectivity index (χ1v) is 7.38. The van der Waals surface area contributed by atoms with Crippen molar-refractivity contribution in [2.75, 3.05) is 19.6 Å². The van der Waals surface area contributed by atoms with Crippen LogP contribution in [0.3, 0.4) is 0 Å². The zero-order valence-corrected chi connectivity index (χ0v) is 12.6. The van der Waals surface area contributed by atoms with Gasteiger partial charge in [-0.05, 0) is 24.6 Å². The first-order chi connectivity index (χ1) is 10.0. The Labute approximate surface area is 128 Å². The molecule has 2 amide bonds. The van der Waals surface area contributed by atoms with E-state index in [1.807, 2.05) is 6.92 Å². The normalized spacial score (nSPS) is 16.2. The maximum Gasteiger partial charge on any atom is 0.226 e. The summed E-state index contributed by atoms with van der Waals surface area (Å²) in [5.74, 6) is -0.278. The van der Waals surface area contributed by atoms with E-state index in [-0.39, 0.29) is 24.2 Å². The minimum Gasteiger partial charge on any atom is -0.388 e. The molecule has 1 aliphatic rings. The van der Waals surface area contributed by atoms with Crippen LogP contribution >= 0.6 is 11.6 Å². The Morgan fingerprint density at radius 1 is 1.38 bits per heavy atom. The summed E-state index contributed by atoms with van der Waals surface area (Å²) in [7, 11) is 0. The predicted octanol–water partition coefficient (Wildman–Crippen LogP) is 1.36. The van der Waals surface area contributed by atoms with E-state index in [1.54, 1.807) is 29.2 Å². The third kappa shape index (κ3) is 3.95. The van der Waals surface area contributed by atoms with Crippen LogP contribution in [0.1, 0.15) is 25.0 Å². The summed E-state index contributed by atoms with van der Waals surface area (Å²) in [6.07, 6.45) is -0.831. The molecule has 0 aromatic heterocycles. The number of carbonyl (C=O) groups excluding carboxylic acids is 2. The average molecular weight is 311 g/mol. The van der Waals surface area contributed by atoms with Crippen molar-refractivity contribution in [1.82, 2.24) is 10.2 Å². The Bertz CT molecular complexity index is 512. The summed E-state index contributed by atoms with van der Waals surface area (Å²) in [4.78, 5) is 25.2. The molecule has 1 fully saturated rings. The molecular weight excluding hydrogens is 292 g/mol. The number of aliphatic hydroxyl groups excluding tert-OH is 1. The zero-order valence-electron chi connectivity index (χ0n) is 11.9. The number of hydrogen-bond donors (Lipinski definition) is 2. The van der Waals surface area contributed by atoms with Gasteiger partial charge in [0.1, 0.15) is 0 Å². The highest BCUT2D eigenvalue weighted by Crippen LogP contribution is 2.23. The summed E-state index contributed by atoms with van der Waals surface area (Å²) in [5, 5.41) is 13.4. The SMILES string of the molecule is CCNC(=O)C1CN(C(=O)CC(O)c2ccc(Cl)cc2)C1. The molecule has 1 aromatic carbocycles. The second kappa shape index (κ2) is 6.91. The largest absolute Gasteiger partial charge is 0.388 e. The van der Waals surface area contributed by atoms with Gasteiger partial charge in [-0.25, -0.2) is 0 Å². The number of nitrogens with one attached hydrogen (secondary N) is 1. The van der Waals surface area contributed by atoms with Gasteiger partial charge in [-0.1, -0.05) is 23.7 Å². The van der Waals surface area contributed by atoms with Crippen LogP contribution in [0.2, 0.25) is 5.02 Å². The third-order valence-electron chi connectivity index (χ3n) is 3.58. The number of halogens is 1. The molecule has 21 heavy (non-hydrogen) atoms. The molecule has 1 atom stereocenters. The van der Waals surface area contributed by atoms with Crippen LogP contribution in [-0.2, 0) is 9.59 Å². The summed E-state index contributed by atoms with van der Waals surface area (Å²) in [6.45, 7) is 3.32. The summed E-state index contributed by atoms with van der Waals surface area (Å²) in [6, 6.07) is 6.76. The fourth-order valence-corrected chi connectivity index (χ4v) is 2.39. The number of rotatable bonds is 5. The maximum atomic E-state index is 12.0. The summed E-state index contributed by atoms with van der Waals surface area (Å²) < 4.78 is 0. The van der Waals surface area contributed by atoms with Crippen molar-refractivity contribution < 1.29 is 14.7 Å². The van der Waals surface area contributed by atoms with Gasteiger partial charge >= 0.3 is 0 Å². The third-order valence-corrected chi connectivity index (χ3v) is 3.83. The first kappa shape index (κ1) is 15.8. The first-order valence-electron chi connectivity index (χ1n) is 7.00. The minimum absolute atomic E-state index is 0.0141. The molecule has 0 bridgehead atoms. The van der Waals surface area contributed by atoms with E-state index >= 15 is 0 Å². The zero-order chi connectivity index (χ0) is 15.4. The standard InChI is InChI=1S/C15H19ClN2O3/c1-2-17-15(21)11-8-18(9-11)14(20)7-13(19)10-3-5-12(16)6-4-10/h3-6,11,13,19H,2,7-9H2,1H3,(H,17,21). The molecule has 0 aliphatic carbocycles. The van der Waals surface area contributed by atoms with E-state index in [0.29, 0.717) is 30.2 Å². The number of aliphatic hydroxyl groups is 1. The highest BCUT2D eigenvalue weighted by atomic mass is 35.5. The molecule has 1 aliphatic heterocycles. The number of amides is 2. The molecule has 2 rings (SSSR count). The minimum atomic E-state index is -0.849. The fraction of sp³-hybridized carbons (Fsp3) is 0.467. The van der Waals surface area contributed by atoms with E-state index in [9.17, 15) is 14.7 Å². The van der Waals surface area contributed by atoms with Crippen molar-refractivity contribution in [3.63, 3.8) is 0 Å². The molecule has 1 saturated heterocycles. The number of carbonyl (C=O) groups is 2. The predicted molar refractivity (Wildman–Crippen MR) is 79.8 cm³/mol. The van der Waals surface area contributed by atoms with Crippen LogP contribution < -0.4 is 5.32 Å². The van der Waals surface area contributed by atoms with Crippen molar-refractivity contribution in [3.8, 4) is 0 Å². The maximum absolute atomic E-state index is 12.0. The van der Waals surface area contributed by atoms with Crippen LogP contribution in [0.5, 0.6) is 0 Å². The Balaban J connectivity index is 1.80. The lowest BCUT2D eigenvalue weighted by Crippen LogP contribution is -2.55. The number of hydrogen-bond acceptors (Lipinski definition) is 3. The van der Waals surface area contributed by atoms with E-state index in [2.05, 4.69) is 5.32 Å². The highest BCUT2D eigenvalue weighted by Gasteiger charge is 2.35. The van der Waals surface area contributed by atoms with Crippen LogP contribution in [0.15, 0.2) is 24.3 Å². The van der Waals surface area contributed by atoms with Gasteiger partial charge < -0.3 is 15.3 Å². The van der Waals surface area contributed by atoms with Gasteiger partial charge in [0, 0.05) is 24.7 Å². The van der Waals surface area contributed by atoms with Crippen molar-refractivity contribution in [1.29, 1.82) is 0 Å². The van der Waals surface area contributed by atoms with Gasteiger partial charge in [-0.3, -0.25) is 9.59 Å². The monoisotopic (exact) mass is 310 g/mol. The molecular formula is C15H19ClN2O3. The van der Waals surface area contributed by atoms with Gasteiger partial charge in [0.2, 0.25) is 11.8 Å². The van der Waals surface area contributed by atoms with E-state index in [4.69, 9.17) is 11.6 Å². The van der Waals surface area contributed by atoms with Gasteiger partial charge in [0.15, 0.2) is 0 Å². The van der Waals surface area contributed by atoms with Crippen LogP contribution in [-0.4, -0.2) is 41.5 Å². The van der Waals surface area contributed by atoms with Crippen molar-refractivity contribution in [3.05, 3.63) is 34.9 Å². The smallest absolute Gasteiger partial charge is 0.226 e. The lowest BCUT2D eigenvalue weighted by molar-refractivity contribution is -0.144. The quantitative estimate of drug-likeness (QED) is 0.862.